The molecule has 1 fully saturated rings. The Kier molecular flexibility index (Phi) is 4.72. The van der Waals surface area contributed by atoms with Crippen molar-refractivity contribution >= 4 is 22.4 Å². The molecule has 5 heteroatoms. The van der Waals surface area contributed by atoms with Crippen molar-refractivity contribution in [3.8, 4) is 0 Å². The number of nitrogens with zero attached hydrogens (tertiary/aromatic N) is 1. The standard InChI is InChI=1S/C13H21N3OS/c1-3-14-9(2)11-8-18-13(15-11)16-12(17)7-10-5-4-6-10/h8-10,14H,3-7H2,1-2H3,(H,15,16,17). The second-order valence-corrected chi connectivity index (χ2v) is 5.76. The lowest BCUT2D eigenvalue weighted by Crippen LogP contribution is -2.21. The third-order valence-corrected chi connectivity index (χ3v) is 4.20. The van der Waals surface area contributed by atoms with E-state index in [2.05, 4.69) is 29.5 Å². The second kappa shape index (κ2) is 6.29. The minimum absolute atomic E-state index is 0.108. The highest BCUT2D eigenvalue weighted by molar-refractivity contribution is 7.13. The van der Waals surface area contributed by atoms with Gasteiger partial charge in [-0.25, -0.2) is 4.98 Å². The van der Waals surface area contributed by atoms with Gasteiger partial charge in [0.05, 0.1) is 5.69 Å². The van der Waals surface area contributed by atoms with Gasteiger partial charge >= 0.3 is 0 Å². The zero-order chi connectivity index (χ0) is 13.0. The fourth-order valence-corrected chi connectivity index (χ4v) is 2.90. The van der Waals surface area contributed by atoms with E-state index in [9.17, 15) is 4.79 Å². The molecular formula is C13H21N3OS. The largest absolute Gasteiger partial charge is 0.309 e. The Balaban J connectivity index is 1.83. The molecule has 1 atom stereocenters. The van der Waals surface area contributed by atoms with Crippen LogP contribution in [-0.4, -0.2) is 17.4 Å². The number of carbonyl (C=O) groups excluding carboxylic acids is 1. The molecule has 100 valence electrons. The van der Waals surface area contributed by atoms with E-state index in [0.29, 0.717) is 12.3 Å². The fourth-order valence-electron chi connectivity index (χ4n) is 2.08. The van der Waals surface area contributed by atoms with E-state index in [1.165, 1.54) is 30.6 Å². The summed E-state index contributed by atoms with van der Waals surface area (Å²) in [5.74, 6) is 0.710. The lowest BCUT2D eigenvalue weighted by molar-refractivity contribution is -0.117. The number of carbonyl (C=O) groups is 1. The first-order chi connectivity index (χ1) is 8.69. The SMILES string of the molecule is CCNC(C)c1csc(NC(=O)CC2CCC2)n1. The predicted molar refractivity (Wildman–Crippen MR) is 74.8 cm³/mol. The Hall–Kier alpha value is -0.940. The van der Waals surface area contributed by atoms with E-state index in [1.54, 1.807) is 0 Å². The predicted octanol–water partition coefficient (Wildman–Crippen LogP) is 2.94. The van der Waals surface area contributed by atoms with Crippen LogP contribution >= 0.6 is 11.3 Å². The van der Waals surface area contributed by atoms with Crippen LogP contribution in [0.2, 0.25) is 0 Å². The van der Waals surface area contributed by atoms with E-state index < -0.39 is 0 Å². The molecule has 1 aliphatic rings. The lowest BCUT2D eigenvalue weighted by atomic mass is 9.83. The van der Waals surface area contributed by atoms with E-state index in [0.717, 1.165) is 17.4 Å². The van der Waals surface area contributed by atoms with Gasteiger partial charge < -0.3 is 10.6 Å². The first kappa shape index (κ1) is 13.5. The van der Waals surface area contributed by atoms with Gasteiger partial charge in [-0.15, -0.1) is 11.3 Å². The lowest BCUT2D eigenvalue weighted by Gasteiger charge is -2.24. The average Bonchev–Trinajstić information content (AvgIpc) is 2.72. The first-order valence-electron chi connectivity index (χ1n) is 6.67. The maximum Gasteiger partial charge on any atom is 0.226 e. The Labute approximate surface area is 112 Å². The molecule has 4 nitrogen and oxygen atoms in total. The number of hydrogen-bond donors (Lipinski definition) is 2. The molecule has 1 amide bonds. The second-order valence-electron chi connectivity index (χ2n) is 4.91. The number of hydrogen-bond acceptors (Lipinski definition) is 4. The molecule has 1 aromatic rings. The Morgan fingerprint density at radius 1 is 1.61 bits per heavy atom. The molecule has 0 bridgehead atoms. The van der Waals surface area contributed by atoms with E-state index in [4.69, 9.17) is 0 Å². The number of rotatable bonds is 6. The Morgan fingerprint density at radius 2 is 2.39 bits per heavy atom. The van der Waals surface area contributed by atoms with Crippen LogP contribution in [0, 0.1) is 5.92 Å². The summed E-state index contributed by atoms with van der Waals surface area (Å²) < 4.78 is 0. The molecule has 0 spiro atoms. The molecule has 1 unspecified atom stereocenters. The number of amides is 1. The molecule has 1 heterocycles. The Morgan fingerprint density at radius 3 is 3.00 bits per heavy atom. The van der Waals surface area contributed by atoms with E-state index >= 15 is 0 Å². The maximum absolute atomic E-state index is 11.8. The highest BCUT2D eigenvalue weighted by Crippen LogP contribution is 2.30. The van der Waals surface area contributed by atoms with Crippen molar-refractivity contribution in [2.45, 2.75) is 45.6 Å². The minimum Gasteiger partial charge on any atom is -0.309 e. The van der Waals surface area contributed by atoms with Crippen LogP contribution in [-0.2, 0) is 4.79 Å². The van der Waals surface area contributed by atoms with Gasteiger partial charge in [0.15, 0.2) is 5.13 Å². The van der Waals surface area contributed by atoms with E-state index in [-0.39, 0.29) is 11.9 Å². The first-order valence-corrected chi connectivity index (χ1v) is 7.55. The van der Waals surface area contributed by atoms with Crippen molar-refractivity contribution in [3.05, 3.63) is 11.1 Å². The van der Waals surface area contributed by atoms with E-state index in [1.807, 2.05) is 5.38 Å². The van der Waals surface area contributed by atoms with Crippen molar-refractivity contribution in [2.75, 3.05) is 11.9 Å². The van der Waals surface area contributed by atoms with Crippen LogP contribution in [0.5, 0.6) is 0 Å². The van der Waals surface area contributed by atoms with Gasteiger partial charge in [-0.05, 0) is 32.2 Å². The monoisotopic (exact) mass is 267 g/mol. The third kappa shape index (κ3) is 3.53. The zero-order valence-electron chi connectivity index (χ0n) is 11.0. The van der Waals surface area contributed by atoms with Gasteiger partial charge in [0.2, 0.25) is 5.91 Å². The molecule has 1 aliphatic carbocycles. The van der Waals surface area contributed by atoms with Crippen molar-refractivity contribution < 1.29 is 4.79 Å². The highest BCUT2D eigenvalue weighted by Gasteiger charge is 2.21. The van der Waals surface area contributed by atoms with Crippen molar-refractivity contribution in [1.82, 2.24) is 10.3 Å². The summed E-state index contributed by atoms with van der Waals surface area (Å²) in [6.45, 7) is 5.07. The average molecular weight is 267 g/mol. The smallest absolute Gasteiger partial charge is 0.226 e. The van der Waals surface area contributed by atoms with Crippen molar-refractivity contribution in [3.63, 3.8) is 0 Å². The number of nitrogens with one attached hydrogen (secondary N) is 2. The summed E-state index contributed by atoms with van der Waals surface area (Å²) in [4.78, 5) is 16.2. The molecule has 1 aromatic heterocycles. The molecular weight excluding hydrogens is 246 g/mol. The van der Waals surface area contributed by atoms with Gasteiger partial charge in [0.1, 0.15) is 0 Å². The van der Waals surface area contributed by atoms with Crippen molar-refractivity contribution in [1.29, 1.82) is 0 Å². The van der Waals surface area contributed by atoms with Gasteiger partial charge in [0, 0.05) is 17.8 Å². The number of anilines is 1. The van der Waals surface area contributed by atoms with Crippen LogP contribution in [0.1, 0.15) is 51.3 Å². The van der Waals surface area contributed by atoms with Crippen LogP contribution in [0.3, 0.4) is 0 Å². The van der Waals surface area contributed by atoms with Gasteiger partial charge in [-0.2, -0.15) is 0 Å². The van der Waals surface area contributed by atoms with Crippen LogP contribution in [0.25, 0.3) is 0 Å². The Bertz CT molecular complexity index is 401. The maximum atomic E-state index is 11.8. The topological polar surface area (TPSA) is 54.0 Å². The third-order valence-electron chi connectivity index (χ3n) is 3.42. The summed E-state index contributed by atoms with van der Waals surface area (Å²) in [7, 11) is 0. The minimum atomic E-state index is 0.108. The summed E-state index contributed by atoms with van der Waals surface area (Å²) in [6.07, 6.45) is 4.33. The van der Waals surface area contributed by atoms with Crippen LogP contribution in [0.4, 0.5) is 5.13 Å². The highest BCUT2D eigenvalue weighted by atomic mass is 32.1. The number of aromatic nitrogens is 1. The molecule has 1 saturated carbocycles. The van der Waals surface area contributed by atoms with Gasteiger partial charge in [0.25, 0.3) is 0 Å². The molecule has 0 aliphatic heterocycles. The summed E-state index contributed by atoms with van der Waals surface area (Å²) in [6, 6.07) is 0.239. The molecule has 0 saturated heterocycles. The molecule has 0 radical (unpaired) electrons. The summed E-state index contributed by atoms with van der Waals surface area (Å²) in [5.41, 5.74) is 1.00. The van der Waals surface area contributed by atoms with Crippen LogP contribution < -0.4 is 10.6 Å². The summed E-state index contributed by atoms with van der Waals surface area (Å²) >= 11 is 1.50. The molecule has 2 rings (SSSR count). The molecule has 18 heavy (non-hydrogen) atoms. The van der Waals surface area contributed by atoms with Crippen molar-refractivity contribution in [2.24, 2.45) is 5.92 Å². The quantitative estimate of drug-likeness (QED) is 0.833. The van der Waals surface area contributed by atoms with Gasteiger partial charge in [-0.1, -0.05) is 13.3 Å². The van der Waals surface area contributed by atoms with Gasteiger partial charge in [-0.3, -0.25) is 4.79 Å². The normalized spacial score (nSPS) is 17.2. The summed E-state index contributed by atoms with van der Waals surface area (Å²) in [5, 5.41) is 8.94. The number of thiazole rings is 1. The fraction of sp³-hybridized carbons (Fsp3) is 0.692. The molecule has 2 N–H and O–H groups in total. The van der Waals surface area contributed by atoms with Crippen LogP contribution in [0.15, 0.2) is 5.38 Å². The zero-order valence-corrected chi connectivity index (χ0v) is 11.8. The molecule has 0 aromatic carbocycles.